The number of amides is 2. The van der Waals surface area contributed by atoms with Crippen molar-refractivity contribution in [3.63, 3.8) is 0 Å². The summed E-state index contributed by atoms with van der Waals surface area (Å²) in [4.78, 5) is 24.6. The van der Waals surface area contributed by atoms with Crippen molar-refractivity contribution in [3.8, 4) is 0 Å². The molecule has 6 heteroatoms. The third-order valence-corrected chi connectivity index (χ3v) is 3.90. The molecule has 1 heterocycles. The molecule has 98 valence electrons. The van der Waals surface area contributed by atoms with E-state index >= 15 is 0 Å². The second-order valence-electron chi connectivity index (χ2n) is 5.14. The highest BCUT2D eigenvalue weighted by Crippen LogP contribution is 2.31. The molecule has 1 aliphatic rings. The first kappa shape index (κ1) is 14.2. The molecule has 1 aliphatic heterocycles. The van der Waals surface area contributed by atoms with Gasteiger partial charge in [0.2, 0.25) is 0 Å². The summed E-state index contributed by atoms with van der Waals surface area (Å²) >= 11 is 1.53. The molecule has 2 atom stereocenters. The predicted octanol–water partition coefficient (Wildman–Crippen LogP) is 1.73. The number of carbonyl (C=O) groups is 2. The molecule has 1 fully saturated rings. The van der Waals surface area contributed by atoms with Gasteiger partial charge in [-0.3, -0.25) is 4.90 Å². The van der Waals surface area contributed by atoms with Crippen LogP contribution in [0, 0.1) is 0 Å². The van der Waals surface area contributed by atoms with Crippen molar-refractivity contribution in [2.45, 2.75) is 51.1 Å². The maximum Gasteiger partial charge on any atom is 0.327 e. The molecule has 0 aromatic carbocycles. The van der Waals surface area contributed by atoms with Crippen LogP contribution in [0.5, 0.6) is 0 Å². The van der Waals surface area contributed by atoms with Crippen molar-refractivity contribution < 1.29 is 14.7 Å². The van der Waals surface area contributed by atoms with Crippen LogP contribution in [-0.2, 0) is 4.79 Å². The van der Waals surface area contributed by atoms with Crippen molar-refractivity contribution in [2.24, 2.45) is 0 Å². The number of rotatable bonds is 2. The molecule has 0 aliphatic carbocycles. The van der Waals surface area contributed by atoms with Crippen LogP contribution in [0.3, 0.4) is 0 Å². The Labute approximate surface area is 106 Å². The highest BCUT2D eigenvalue weighted by atomic mass is 32.2. The van der Waals surface area contributed by atoms with Crippen molar-refractivity contribution in [2.75, 3.05) is 5.75 Å². The monoisotopic (exact) mass is 260 g/mol. The zero-order chi connectivity index (χ0) is 13.2. The maximum atomic E-state index is 12.1. The third-order valence-electron chi connectivity index (χ3n) is 2.44. The second-order valence-corrected chi connectivity index (χ2v) is 6.35. The van der Waals surface area contributed by atoms with Crippen molar-refractivity contribution in [3.05, 3.63) is 0 Å². The van der Waals surface area contributed by atoms with Crippen LogP contribution in [0.1, 0.15) is 34.1 Å². The van der Waals surface area contributed by atoms with Crippen LogP contribution in [0.25, 0.3) is 0 Å². The number of urea groups is 1. The van der Waals surface area contributed by atoms with Gasteiger partial charge in [0, 0.05) is 11.3 Å². The number of carboxylic acid groups (broad SMARTS) is 1. The van der Waals surface area contributed by atoms with Crippen LogP contribution in [0.2, 0.25) is 0 Å². The summed E-state index contributed by atoms with van der Waals surface area (Å²) in [6.07, 6.45) is 0.756. The minimum atomic E-state index is -0.933. The molecule has 1 rings (SSSR count). The first-order valence-corrected chi connectivity index (χ1v) is 6.76. The molecule has 2 N–H and O–H groups in total. The topological polar surface area (TPSA) is 69.6 Å². The molecule has 0 saturated carbocycles. The molecule has 17 heavy (non-hydrogen) atoms. The average molecular weight is 260 g/mol. The Hall–Kier alpha value is -0.910. The molecule has 2 unspecified atom stereocenters. The standard InChI is InChI=1S/C11H20N2O3S/c1-5-8-13(7(6-17-8)9(14)15)10(16)12-11(2,3)4/h7-8H,5-6H2,1-4H3,(H,12,16)(H,14,15). The molecule has 0 aromatic rings. The number of hydrogen-bond acceptors (Lipinski definition) is 3. The summed E-state index contributed by atoms with van der Waals surface area (Å²) in [6, 6.07) is -1.01. The lowest BCUT2D eigenvalue weighted by molar-refractivity contribution is -0.141. The summed E-state index contributed by atoms with van der Waals surface area (Å²) in [5, 5.41) is 11.9. The van der Waals surface area contributed by atoms with Gasteiger partial charge >= 0.3 is 12.0 Å². The molecule has 0 aromatic heterocycles. The van der Waals surface area contributed by atoms with Crippen LogP contribution >= 0.6 is 11.8 Å². The van der Waals surface area contributed by atoms with Gasteiger partial charge in [0.05, 0.1) is 5.37 Å². The third kappa shape index (κ3) is 3.52. The zero-order valence-corrected chi connectivity index (χ0v) is 11.5. The number of thioether (sulfide) groups is 1. The van der Waals surface area contributed by atoms with E-state index in [1.807, 2.05) is 27.7 Å². The zero-order valence-electron chi connectivity index (χ0n) is 10.7. The highest BCUT2D eigenvalue weighted by molar-refractivity contribution is 8.00. The molecular formula is C11H20N2O3S. The number of aliphatic carboxylic acids is 1. The number of nitrogens with zero attached hydrogens (tertiary/aromatic N) is 1. The van der Waals surface area contributed by atoms with Gasteiger partial charge in [0.15, 0.2) is 0 Å². The number of hydrogen-bond donors (Lipinski definition) is 2. The smallest absolute Gasteiger partial charge is 0.327 e. The van der Waals surface area contributed by atoms with Gasteiger partial charge in [-0.2, -0.15) is 0 Å². The first-order valence-electron chi connectivity index (χ1n) is 5.71. The summed E-state index contributed by atoms with van der Waals surface area (Å²) in [6.45, 7) is 7.60. The minimum absolute atomic E-state index is 0.0431. The molecule has 1 saturated heterocycles. The Bertz CT molecular complexity index is 314. The van der Waals surface area contributed by atoms with Gasteiger partial charge in [-0.25, -0.2) is 9.59 Å². The van der Waals surface area contributed by atoms with E-state index in [4.69, 9.17) is 5.11 Å². The summed E-state index contributed by atoms with van der Waals surface area (Å²) < 4.78 is 0. The maximum absolute atomic E-state index is 12.1. The van der Waals surface area contributed by atoms with E-state index in [-0.39, 0.29) is 16.9 Å². The van der Waals surface area contributed by atoms with Crippen LogP contribution in [-0.4, -0.2) is 44.7 Å². The Kier molecular flexibility index (Phi) is 4.30. The Morgan fingerprint density at radius 1 is 1.47 bits per heavy atom. The molecular weight excluding hydrogens is 240 g/mol. The predicted molar refractivity (Wildman–Crippen MR) is 68.1 cm³/mol. The van der Waals surface area contributed by atoms with Crippen LogP contribution in [0.4, 0.5) is 4.79 Å². The lowest BCUT2D eigenvalue weighted by Crippen LogP contribution is -2.54. The van der Waals surface area contributed by atoms with Crippen molar-refractivity contribution in [1.29, 1.82) is 0 Å². The fourth-order valence-electron chi connectivity index (χ4n) is 1.73. The van der Waals surface area contributed by atoms with Gasteiger partial charge in [-0.05, 0) is 27.2 Å². The van der Waals surface area contributed by atoms with Crippen molar-refractivity contribution >= 4 is 23.8 Å². The highest BCUT2D eigenvalue weighted by Gasteiger charge is 2.41. The van der Waals surface area contributed by atoms with E-state index in [9.17, 15) is 9.59 Å². The SMILES string of the molecule is CCC1SCC(C(=O)O)N1C(=O)NC(C)(C)C. The van der Waals surface area contributed by atoms with Crippen LogP contribution < -0.4 is 5.32 Å². The summed E-state index contributed by atoms with van der Waals surface area (Å²) in [5.74, 6) is -0.469. The normalized spacial score (nSPS) is 24.8. The first-order chi connectivity index (χ1) is 7.76. The fraction of sp³-hybridized carbons (Fsp3) is 0.818. The van der Waals surface area contributed by atoms with Crippen molar-refractivity contribution in [1.82, 2.24) is 10.2 Å². The van der Waals surface area contributed by atoms with E-state index in [0.717, 1.165) is 6.42 Å². The molecule has 5 nitrogen and oxygen atoms in total. The lowest BCUT2D eigenvalue weighted by atomic mass is 10.1. The molecule has 0 bridgehead atoms. The Balaban J connectivity index is 2.82. The quantitative estimate of drug-likeness (QED) is 0.793. The number of nitrogens with one attached hydrogen (secondary N) is 1. The second kappa shape index (κ2) is 5.16. The summed E-state index contributed by atoms with van der Waals surface area (Å²) in [7, 11) is 0. The fourth-order valence-corrected chi connectivity index (χ4v) is 3.07. The summed E-state index contributed by atoms with van der Waals surface area (Å²) in [5.41, 5.74) is -0.355. The van der Waals surface area contributed by atoms with Gasteiger partial charge in [0.1, 0.15) is 6.04 Å². The minimum Gasteiger partial charge on any atom is -0.480 e. The molecule has 2 amide bonds. The van der Waals surface area contributed by atoms with Gasteiger partial charge in [-0.1, -0.05) is 6.92 Å². The van der Waals surface area contributed by atoms with Gasteiger partial charge in [0.25, 0.3) is 0 Å². The average Bonchev–Trinajstić information content (AvgIpc) is 2.57. The number of carboxylic acids is 1. The van der Waals surface area contributed by atoms with Gasteiger partial charge in [-0.15, -0.1) is 11.8 Å². The Morgan fingerprint density at radius 2 is 2.06 bits per heavy atom. The largest absolute Gasteiger partial charge is 0.480 e. The van der Waals surface area contributed by atoms with Gasteiger partial charge < -0.3 is 10.4 Å². The van der Waals surface area contributed by atoms with Crippen LogP contribution in [0.15, 0.2) is 0 Å². The molecule has 0 radical (unpaired) electrons. The van der Waals surface area contributed by atoms with E-state index in [2.05, 4.69) is 5.32 Å². The lowest BCUT2D eigenvalue weighted by Gasteiger charge is -2.31. The van der Waals surface area contributed by atoms with E-state index in [1.54, 1.807) is 0 Å². The van der Waals surface area contributed by atoms with E-state index < -0.39 is 12.0 Å². The Morgan fingerprint density at radius 3 is 2.47 bits per heavy atom. The van der Waals surface area contributed by atoms with E-state index in [0.29, 0.717) is 5.75 Å². The van der Waals surface area contributed by atoms with E-state index in [1.165, 1.54) is 16.7 Å². The number of carbonyl (C=O) groups excluding carboxylic acids is 1. The molecule has 0 spiro atoms.